The molecular formula is C42H56N2O17S3-2. The molecule has 0 radical (unpaired) electrons. The van der Waals surface area contributed by atoms with E-state index in [0.717, 1.165) is 16.5 Å². The van der Waals surface area contributed by atoms with Crippen molar-refractivity contribution in [1.82, 2.24) is 4.58 Å². The summed E-state index contributed by atoms with van der Waals surface area (Å²) >= 11 is 0. The third kappa shape index (κ3) is 17.1. The van der Waals surface area contributed by atoms with Gasteiger partial charge in [0.2, 0.25) is 5.36 Å². The normalized spacial score (nSPS) is 16.9. The van der Waals surface area contributed by atoms with Crippen molar-refractivity contribution in [2.45, 2.75) is 49.8 Å². The van der Waals surface area contributed by atoms with Gasteiger partial charge < -0.3 is 51.8 Å². The molecule has 2 heterocycles. The maximum atomic E-state index is 12.2. The SMILES string of the molecule is CC[N+](CCCS(=O)(=O)[O-])=c1ccc2c(/C=C/C=C3/N(CCOCCOCCOCCOCCOCCC(=O)O)c4ccc(S(=O)(=O)[O-])cc4C3(C)CCCS(=O)(=O)[O-])ccoc-2c1. The number of carbonyl (C=O) groups is 1. The zero-order valence-corrected chi connectivity index (χ0v) is 38.3. The van der Waals surface area contributed by atoms with Crippen molar-refractivity contribution in [1.29, 1.82) is 0 Å². The third-order valence-electron chi connectivity index (χ3n) is 10.3. The molecule has 64 heavy (non-hydrogen) atoms. The molecule has 3 aliphatic rings. The number of carboxylic acids is 1. The quantitative estimate of drug-likeness (QED) is 0.0571. The van der Waals surface area contributed by atoms with Crippen LogP contribution in [0.5, 0.6) is 0 Å². The molecule has 0 aromatic heterocycles. The number of benzene rings is 2. The van der Waals surface area contributed by atoms with E-state index < -0.39 is 58.1 Å². The van der Waals surface area contributed by atoms with Crippen LogP contribution in [0, 0.1) is 0 Å². The molecule has 22 heteroatoms. The highest BCUT2D eigenvalue weighted by molar-refractivity contribution is 7.86. The molecule has 1 aromatic rings. The first-order valence-electron chi connectivity index (χ1n) is 20.7. The molecule has 0 amide bonds. The molecule has 2 aliphatic heterocycles. The predicted molar refractivity (Wildman–Crippen MR) is 232 cm³/mol. The zero-order valence-electron chi connectivity index (χ0n) is 35.9. The molecule has 0 saturated heterocycles. The minimum absolute atomic E-state index is 0.0463. The van der Waals surface area contributed by atoms with Gasteiger partial charge in [0, 0.05) is 52.9 Å². The molecule has 19 nitrogen and oxygen atoms in total. The molecule has 0 fully saturated rings. The molecule has 1 unspecified atom stereocenters. The lowest BCUT2D eigenvalue weighted by Crippen LogP contribution is -2.31. The summed E-state index contributed by atoms with van der Waals surface area (Å²) in [6.07, 6.45) is 7.14. The highest BCUT2D eigenvalue weighted by atomic mass is 32.2. The molecule has 1 aliphatic carbocycles. The Morgan fingerprint density at radius 3 is 1.97 bits per heavy atom. The topological polar surface area (TPSA) is 274 Å². The van der Waals surface area contributed by atoms with Gasteiger partial charge in [-0.2, -0.15) is 0 Å². The van der Waals surface area contributed by atoms with Crippen LogP contribution in [0.3, 0.4) is 0 Å². The lowest BCUT2D eigenvalue weighted by atomic mass is 9.77. The highest BCUT2D eigenvalue weighted by Crippen LogP contribution is 2.51. The van der Waals surface area contributed by atoms with Gasteiger partial charge in [-0.3, -0.25) is 4.79 Å². The van der Waals surface area contributed by atoms with Gasteiger partial charge >= 0.3 is 5.97 Å². The Labute approximate surface area is 374 Å². The van der Waals surface area contributed by atoms with Crippen LogP contribution in [-0.4, -0.2) is 147 Å². The second-order valence-corrected chi connectivity index (χ2v) is 19.3. The number of hydrogen-bond acceptors (Lipinski definition) is 17. The minimum Gasteiger partial charge on any atom is -0.748 e. The van der Waals surface area contributed by atoms with Crippen LogP contribution in [0.4, 0.5) is 5.69 Å². The molecule has 0 spiro atoms. The summed E-state index contributed by atoms with van der Waals surface area (Å²) in [5, 5.41) is 9.37. The van der Waals surface area contributed by atoms with Crippen molar-refractivity contribution in [3.63, 3.8) is 0 Å². The van der Waals surface area contributed by atoms with E-state index in [4.69, 9.17) is 33.2 Å². The van der Waals surface area contributed by atoms with Gasteiger partial charge in [0.1, 0.15) is 29.0 Å². The van der Waals surface area contributed by atoms with E-state index in [2.05, 4.69) is 0 Å². The van der Waals surface area contributed by atoms with E-state index in [9.17, 15) is 43.7 Å². The molecule has 0 bridgehead atoms. The number of rotatable bonds is 30. The van der Waals surface area contributed by atoms with E-state index in [1.165, 1.54) is 24.5 Å². The first-order valence-corrected chi connectivity index (χ1v) is 25.2. The van der Waals surface area contributed by atoms with Gasteiger partial charge in [-0.05, 0) is 74.2 Å². The summed E-state index contributed by atoms with van der Waals surface area (Å²) in [5.41, 5.74) is 2.16. The van der Waals surface area contributed by atoms with Crippen LogP contribution in [0.15, 0.2) is 75.9 Å². The number of fused-ring (bicyclic) bond motifs is 2. The summed E-state index contributed by atoms with van der Waals surface area (Å²) in [6.45, 7) is 7.63. The largest absolute Gasteiger partial charge is 0.748 e. The Morgan fingerprint density at radius 2 is 1.39 bits per heavy atom. The number of hydrogen-bond donors (Lipinski definition) is 1. The molecule has 1 aromatic carbocycles. The monoisotopic (exact) mass is 956 g/mol. The first kappa shape index (κ1) is 52.6. The number of carboxylic acid groups (broad SMARTS) is 1. The molecule has 1 N–H and O–H groups in total. The highest BCUT2D eigenvalue weighted by Gasteiger charge is 2.43. The minimum atomic E-state index is -4.86. The number of anilines is 1. The van der Waals surface area contributed by atoms with E-state index >= 15 is 0 Å². The van der Waals surface area contributed by atoms with Crippen LogP contribution in [0.1, 0.15) is 50.7 Å². The first-order chi connectivity index (χ1) is 30.3. The molecule has 356 valence electrons. The van der Waals surface area contributed by atoms with Crippen LogP contribution < -0.4 is 14.8 Å². The third-order valence-corrected chi connectivity index (χ3v) is 12.7. The van der Waals surface area contributed by atoms with Crippen molar-refractivity contribution < 1.29 is 76.9 Å². The number of nitrogens with zero attached hydrogens (tertiary/aromatic N) is 2. The van der Waals surface area contributed by atoms with Gasteiger partial charge in [0.15, 0.2) is 0 Å². The van der Waals surface area contributed by atoms with Crippen molar-refractivity contribution in [2.24, 2.45) is 0 Å². The smallest absolute Gasteiger partial charge is 0.305 e. The van der Waals surface area contributed by atoms with Gasteiger partial charge in [0.25, 0.3) is 0 Å². The summed E-state index contributed by atoms with van der Waals surface area (Å²) in [4.78, 5) is 11.9. The molecule has 0 saturated carbocycles. The van der Waals surface area contributed by atoms with Crippen LogP contribution in [0.25, 0.3) is 17.4 Å². The second kappa shape index (κ2) is 25.0. The zero-order chi connectivity index (χ0) is 46.8. The summed E-state index contributed by atoms with van der Waals surface area (Å²) in [6, 6.07) is 11.4. The molecular weight excluding hydrogens is 901 g/mol. The standard InChI is InChI=1S/C42H58N2O17S3/c1-3-43(16-6-30-63(50,51)52)34-9-11-36-33(13-19-61-39(36)31-34)7-4-8-40-42(2,15-5-29-62(47,48)49)37-32-35(64(53,54)55)10-12-38(37)44(40)17-20-57-22-24-59-26-28-60-27-25-58-23-21-56-18-14-41(45)46/h4,7-13,19,31-32H,3,5-6,14-18,20-30H2,1-2H3,(H3-,45,46,47,48,49,50,51,52,53,54,55)/p-2. The average Bonchev–Trinajstić information content (AvgIpc) is 3.44. The lowest BCUT2D eigenvalue weighted by Gasteiger charge is -2.30. The average molecular weight is 957 g/mol. The van der Waals surface area contributed by atoms with Crippen molar-refractivity contribution in [2.75, 3.05) is 102 Å². The Hall–Kier alpha value is -4.07. The Bertz CT molecular complexity index is 2430. The number of ether oxygens (including phenoxy) is 5. The van der Waals surface area contributed by atoms with E-state index in [-0.39, 0.29) is 65.3 Å². The van der Waals surface area contributed by atoms with Crippen molar-refractivity contribution >= 4 is 48.1 Å². The Balaban J connectivity index is 1.48. The fraction of sp³-hybridized carbons (Fsp3) is 0.524. The summed E-state index contributed by atoms with van der Waals surface area (Å²) in [7, 11) is -13.8. The van der Waals surface area contributed by atoms with Gasteiger partial charge in [0.05, 0.1) is 110 Å². The van der Waals surface area contributed by atoms with Crippen molar-refractivity contribution in [3.05, 3.63) is 83.1 Å². The van der Waals surface area contributed by atoms with Gasteiger partial charge in [-0.15, -0.1) is 0 Å². The van der Waals surface area contributed by atoms with E-state index in [0.29, 0.717) is 68.8 Å². The van der Waals surface area contributed by atoms with E-state index in [1.807, 2.05) is 46.8 Å². The fourth-order valence-corrected chi connectivity index (χ4v) is 8.67. The summed E-state index contributed by atoms with van der Waals surface area (Å²) in [5.74, 6) is -1.50. The maximum Gasteiger partial charge on any atom is 0.305 e. The Kier molecular flexibility index (Phi) is 20.5. The second-order valence-electron chi connectivity index (χ2n) is 14.9. The maximum absolute atomic E-state index is 12.2. The fourth-order valence-electron chi connectivity index (χ4n) is 7.20. The van der Waals surface area contributed by atoms with Crippen molar-refractivity contribution in [3.8, 4) is 11.3 Å². The van der Waals surface area contributed by atoms with Gasteiger partial charge in [-0.25, -0.2) is 29.8 Å². The van der Waals surface area contributed by atoms with Crippen LogP contribution in [0.2, 0.25) is 0 Å². The lowest BCUT2D eigenvalue weighted by molar-refractivity contribution is -0.138. The predicted octanol–water partition coefficient (Wildman–Crippen LogP) is 2.57. The Morgan fingerprint density at radius 1 is 0.797 bits per heavy atom. The van der Waals surface area contributed by atoms with Crippen LogP contribution in [-0.2, 0) is 64.2 Å². The number of allylic oxidation sites excluding steroid dienone is 3. The van der Waals surface area contributed by atoms with E-state index in [1.54, 1.807) is 19.1 Å². The molecule has 1 atom stereocenters. The van der Waals surface area contributed by atoms with Crippen LogP contribution >= 0.6 is 0 Å². The summed E-state index contributed by atoms with van der Waals surface area (Å²) < 4.78 is 140. The number of aliphatic carboxylic acids is 1. The van der Waals surface area contributed by atoms with Gasteiger partial charge in [-0.1, -0.05) is 12.2 Å². The molecule has 4 rings (SSSR count).